The second kappa shape index (κ2) is 9.98. The number of hydrogen-bond donors (Lipinski definition) is 1. The number of ether oxygens (including phenoxy) is 2. The van der Waals surface area contributed by atoms with E-state index in [-0.39, 0.29) is 24.5 Å². The molecule has 0 saturated carbocycles. The van der Waals surface area contributed by atoms with Gasteiger partial charge in [0.2, 0.25) is 21.8 Å². The summed E-state index contributed by atoms with van der Waals surface area (Å²) in [4.78, 5) is 27.2. The summed E-state index contributed by atoms with van der Waals surface area (Å²) in [5, 5.41) is 2.74. The molecule has 1 atom stereocenters. The van der Waals surface area contributed by atoms with Crippen molar-refractivity contribution in [1.29, 1.82) is 0 Å². The molecule has 0 spiro atoms. The fraction of sp³-hybridized carbons (Fsp3) is 0.391. The molecule has 2 heterocycles. The maximum absolute atomic E-state index is 13.2. The molecule has 0 aromatic heterocycles. The molecule has 2 amide bonds. The highest BCUT2D eigenvalue weighted by molar-refractivity contribution is 7.89. The van der Waals surface area contributed by atoms with E-state index in [1.54, 1.807) is 25.1 Å². The second-order valence-electron chi connectivity index (χ2n) is 7.99. The van der Waals surface area contributed by atoms with Crippen molar-refractivity contribution in [2.24, 2.45) is 0 Å². The molecule has 9 nitrogen and oxygen atoms in total. The molecular weight excluding hydrogens is 465 g/mol. The lowest BCUT2D eigenvalue weighted by Crippen LogP contribution is -2.49. The average molecular weight is 492 g/mol. The van der Waals surface area contributed by atoms with Gasteiger partial charge in [0.25, 0.3) is 0 Å². The minimum absolute atomic E-state index is 0.0759. The zero-order valence-corrected chi connectivity index (χ0v) is 19.5. The number of anilines is 1. The van der Waals surface area contributed by atoms with E-state index >= 15 is 0 Å². The molecule has 0 unspecified atom stereocenters. The van der Waals surface area contributed by atoms with E-state index in [9.17, 15) is 22.4 Å². The van der Waals surface area contributed by atoms with Gasteiger partial charge in [0.15, 0.2) is 11.5 Å². The van der Waals surface area contributed by atoms with Gasteiger partial charge in [-0.05, 0) is 56.2 Å². The Labute approximate surface area is 197 Å². The van der Waals surface area contributed by atoms with Gasteiger partial charge in [0, 0.05) is 24.8 Å². The Hall–Kier alpha value is -3.18. The van der Waals surface area contributed by atoms with Crippen LogP contribution in [0.25, 0.3) is 0 Å². The molecule has 2 aromatic rings. The molecule has 34 heavy (non-hydrogen) atoms. The SMILES string of the molecule is CCN(CC(=O)Nc1ccc2c(c1)OCCO2)C(=O)[C@H]1CCCN1S(=O)(=O)c1ccc(F)cc1. The number of halogens is 1. The van der Waals surface area contributed by atoms with Crippen molar-refractivity contribution >= 4 is 27.5 Å². The Kier molecular flexibility index (Phi) is 7.03. The molecule has 11 heteroatoms. The van der Waals surface area contributed by atoms with E-state index in [4.69, 9.17) is 9.47 Å². The highest BCUT2D eigenvalue weighted by Gasteiger charge is 2.41. The molecule has 182 valence electrons. The fourth-order valence-electron chi connectivity index (χ4n) is 4.07. The third-order valence-corrected chi connectivity index (χ3v) is 7.69. The van der Waals surface area contributed by atoms with Gasteiger partial charge in [0.05, 0.1) is 11.4 Å². The minimum atomic E-state index is -3.98. The molecular formula is C23H26FN3O6S. The lowest BCUT2D eigenvalue weighted by atomic mass is 10.2. The van der Waals surface area contributed by atoms with Gasteiger partial charge in [-0.25, -0.2) is 12.8 Å². The maximum atomic E-state index is 13.2. The molecule has 1 saturated heterocycles. The third-order valence-electron chi connectivity index (χ3n) is 5.76. The summed E-state index contributed by atoms with van der Waals surface area (Å²) in [6, 6.07) is 8.61. The van der Waals surface area contributed by atoms with Crippen LogP contribution in [0.1, 0.15) is 19.8 Å². The Morgan fingerprint density at radius 2 is 1.82 bits per heavy atom. The van der Waals surface area contributed by atoms with Crippen LogP contribution in [0.4, 0.5) is 10.1 Å². The standard InChI is InChI=1S/C23H26FN3O6S/c1-2-26(15-22(28)25-17-7-10-20-21(14-17)33-13-12-32-20)23(29)19-4-3-11-27(19)34(30,31)18-8-5-16(24)6-9-18/h5-10,14,19H,2-4,11-13,15H2,1H3,(H,25,28)/t19-/m1/s1. The van der Waals surface area contributed by atoms with Crippen LogP contribution >= 0.6 is 0 Å². The van der Waals surface area contributed by atoms with Crippen molar-refractivity contribution < 1.29 is 31.9 Å². The normalized spacial score (nSPS) is 17.9. The van der Waals surface area contributed by atoms with Gasteiger partial charge >= 0.3 is 0 Å². The van der Waals surface area contributed by atoms with Gasteiger partial charge < -0.3 is 19.7 Å². The predicted octanol–water partition coefficient (Wildman–Crippen LogP) is 2.24. The van der Waals surface area contributed by atoms with Crippen LogP contribution in [-0.4, -0.2) is 68.3 Å². The number of benzene rings is 2. The molecule has 2 aromatic carbocycles. The van der Waals surface area contributed by atoms with Crippen LogP contribution in [-0.2, 0) is 19.6 Å². The first-order valence-electron chi connectivity index (χ1n) is 11.1. The fourth-order valence-corrected chi connectivity index (χ4v) is 5.72. The lowest BCUT2D eigenvalue weighted by molar-refractivity contribution is -0.137. The number of hydrogen-bond acceptors (Lipinski definition) is 6. The van der Waals surface area contributed by atoms with E-state index in [1.807, 2.05) is 0 Å². The van der Waals surface area contributed by atoms with E-state index in [0.717, 1.165) is 16.4 Å². The monoisotopic (exact) mass is 491 g/mol. The molecule has 2 aliphatic rings. The Balaban J connectivity index is 1.44. The molecule has 1 N–H and O–H groups in total. The number of sulfonamides is 1. The first-order valence-corrected chi connectivity index (χ1v) is 12.5. The Bertz CT molecular complexity index is 1170. The number of nitrogens with zero attached hydrogens (tertiary/aromatic N) is 2. The molecule has 1 fully saturated rings. The van der Waals surface area contributed by atoms with Crippen LogP contribution in [0.15, 0.2) is 47.4 Å². The number of nitrogens with one attached hydrogen (secondary N) is 1. The second-order valence-corrected chi connectivity index (χ2v) is 9.88. The minimum Gasteiger partial charge on any atom is -0.486 e. The highest BCUT2D eigenvalue weighted by atomic mass is 32.2. The third kappa shape index (κ3) is 5.00. The van der Waals surface area contributed by atoms with Crippen molar-refractivity contribution in [3.8, 4) is 11.5 Å². The Morgan fingerprint density at radius 3 is 2.53 bits per heavy atom. The van der Waals surface area contributed by atoms with E-state index < -0.39 is 33.7 Å². The quantitative estimate of drug-likeness (QED) is 0.637. The summed E-state index contributed by atoms with van der Waals surface area (Å²) in [5.74, 6) is -0.284. The maximum Gasteiger partial charge on any atom is 0.243 e. The molecule has 4 rings (SSSR count). The summed E-state index contributed by atoms with van der Waals surface area (Å²) in [5.41, 5.74) is 0.499. The molecule has 2 aliphatic heterocycles. The molecule has 0 bridgehead atoms. The first-order chi connectivity index (χ1) is 16.3. The number of carbonyl (C=O) groups excluding carboxylic acids is 2. The predicted molar refractivity (Wildman–Crippen MR) is 122 cm³/mol. The summed E-state index contributed by atoms with van der Waals surface area (Å²) < 4.78 is 51.5. The van der Waals surface area contributed by atoms with E-state index in [1.165, 1.54) is 17.0 Å². The first kappa shape index (κ1) is 24.0. The highest BCUT2D eigenvalue weighted by Crippen LogP contribution is 2.32. The van der Waals surface area contributed by atoms with Crippen LogP contribution in [0, 0.1) is 5.82 Å². The summed E-state index contributed by atoms with van der Waals surface area (Å²) in [7, 11) is -3.98. The van der Waals surface area contributed by atoms with Crippen LogP contribution in [0.2, 0.25) is 0 Å². The number of rotatable bonds is 7. The van der Waals surface area contributed by atoms with Gasteiger partial charge in [-0.15, -0.1) is 0 Å². The number of fused-ring (bicyclic) bond motifs is 1. The van der Waals surface area contributed by atoms with Crippen molar-refractivity contribution in [2.45, 2.75) is 30.7 Å². The molecule has 0 radical (unpaired) electrons. The van der Waals surface area contributed by atoms with Crippen LogP contribution in [0.3, 0.4) is 0 Å². The van der Waals surface area contributed by atoms with Crippen molar-refractivity contribution in [1.82, 2.24) is 9.21 Å². The van der Waals surface area contributed by atoms with Gasteiger partial charge in [0.1, 0.15) is 25.1 Å². The van der Waals surface area contributed by atoms with Gasteiger partial charge in [-0.1, -0.05) is 0 Å². The van der Waals surface area contributed by atoms with Gasteiger partial charge in [-0.3, -0.25) is 9.59 Å². The summed E-state index contributed by atoms with van der Waals surface area (Å²) >= 11 is 0. The van der Waals surface area contributed by atoms with Crippen LogP contribution < -0.4 is 14.8 Å². The van der Waals surface area contributed by atoms with Crippen molar-refractivity contribution in [2.75, 3.05) is 38.2 Å². The van der Waals surface area contributed by atoms with Crippen molar-refractivity contribution in [3.05, 3.63) is 48.3 Å². The zero-order chi connectivity index (χ0) is 24.3. The lowest BCUT2D eigenvalue weighted by Gasteiger charge is -2.29. The van der Waals surface area contributed by atoms with Crippen molar-refractivity contribution in [3.63, 3.8) is 0 Å². The topological polar surface area (TPSA) is 105 Å². The van der Waals surface area contributed by atoms with E-state index in [2.05, 4.69) is 5.32 Å². The molecule has 0 aliphatic carbocycles. The van der Waals surface area contributed by atoms with Crippen LogP contribution in [0.5, 0.6) is 11.5 Å². The Morgan fingerprint density at radius 1 is 1.12 bits per heavy atom. The largest absolute Gasteiger partial charge is 0.486 e. The number of likely N-dealkylation sites (N-methyl/N-ethyl adjacent to an activating group) is 1. The van der Waals surface area contributed by atoms with Gasteiger partial charge in [-0.2, -0.15) is 4.31 Å². The zero-order valence-electron chi connectivity index (χ0n) is 18.7. The number of carbonyl (C=O) groups is 2. The average Bonchev–Trinajstić information content (AvgIpc) is 3.33. The summed E-state index contributed by atoms with van der Waals surface area (Å²) in [6.45, 7) is 2.78. The smallest absolute Gasteiger partial charge is 0.243 e. The van der Waals surface area contributed by atoms with E-state index in [0.29, 0.717) is 43.2 Å². The number of amides is 2. The summed E-state index contributed by atoms with van der Waals surface area (Å²) in [6.07, 6.45) is 0.858.